The van der Waals surface area contributed by atoms with E-state index in [-0.39, 0.29) is 4.88 Å². The van der Waals surface area contributed by atoms with Gasteiger partial charge in [0.15, 0.2) is 10.9 Å². The van der Waals surface area contributed by atoms with Gasteiger partial charge in [0.25, 0.3) is 0 Å². The molecule has 0 amide bonds. The molecule has 0 atom stereocenters. The maximum Gasteiger partial charge on any atom is 0.347 e. The smallest absolute Gasteiger partial charge is 0.347 e. The van der Waals surface area contributed by atoms with E-state index in [2.05, 4.69) is 15.5 Å². The van der Waals surface area contributed by atoms with Crippen LogP contribution in [-0.2, 0) is 6.54 Å². The largest absolute Gasteiger partial charge is 0.477 e. The number of nitrogens with zero attached hydrogens (tertiary/aromatic N) is 2. The number of hydrogen-bond donors (Lipinski definition) is 2. The number of carboxylic acid groups (broad SMARTS) is 1. The van der Waals surface area contributed by atoms with Crippen LogP contribution in [0.2, 0.25) is 0 Å². The van der Waals surface area contributed by atoms with Gasteiger partial charge in [0.2, 0.25) is 0 Å². The van der Waals surface area contributed by atoms with Gasteiger partial charge in [0, 0.05) is 6.07 Å². The highest BCUT2D eigenvalue weighted by Crippen LogP contribution is 2.22. The topological polar surface area (TPSA) is 88.2 Å². The van der Waals surface area contributed by atoms with E-state index in [0.29, 0.717) is 23.1 Å². The Morgan fingerprint density at radius 1 is 1.59 bits per heavy atom. The predicted molar refractivity (Wildman–Crippen MR) is 62.4 cm³/mol. The molecule has 6 nitrogen and oxygen atoms in total. The lowest BCUT2D eigenvalue weighted by Crippen LogP contribution is -1.97. The molecule has 2 rings (SSSR count). The number of rotatable bonds is 4. The van der Waals surface area contributed by atoms with E-state index in [9.17, 15) is 4.79 Å². The maximum absolute atomic E-state index is 10.8. The number of carbonyl (C=O) groups is 1. The summed E-state index contributed by atoms with van der Waals surface area (Å²) in [6.07, 6.45) is 0. The van der Waals surface area contributed by atoms with E-state index in [1.807, 2.05) is 13.0 Å². The summed E-state index contributed by atoms with van der Waals surface area (Å²) in [6, 6.07) is 1.81. The zero-order chi connectivity index (χ0) is 12.4. The van der Waals surface area contributed by atoms with Crippen molar-refractivity contribution in [3.63, 3.8) is 0 Å². The van der Waals surface area contributed by atoms with Crippen molar-refractivity contribution in [1.29, 1.82) is 0 Å². The average molecular weight is 253 g/mol. The van der Waals surface area contributed by atoms with Gasteiger partial charge in [0.05, 0.1) is 17.9 Å². The molecule has 0 spiro atoms. The summed E-state index contributed by atoms with van der Waals surface area (Å²) in [5, 5.41) is 16.2. The van der Waals surface area contributed by atoms with Crippen LogP contribution >= 0.6 is 11.3 Å². The van der Waals surface area contributed by atoms with Crippen LogP contribution < -0.4 is 5.32 Å². The normalized spacial score (nSPS) is 10.5. The molecule has 0 fully saturated rings. The molecule has 2 N–H and O–H groups in total. The van der Waals surface area contributed by atoms with Crippen LogP contribution in [0.1, 0.15) is 26.8 Å². The van der Waals surface area contributed by atoms with Gasteiger partial charge in [-0.05, 0) is 13.8 Å². The van der Waals surface area contributed by atoms with E-state index in [0.717, 1.165) is 17.0 Å². The van der Waals surface area contributed by atoms with E-state index in [1.54, 1.807) is 6.92 Å². The minimum atomic E-state index is -0.955. The summed E-state index contributed by atoms with van der Waals surface area (Å²) in [7, 11) is 0. The van der Waals surface area contributed by atoms with Crippen molar-refractivity contribution in [3.8, 4) is 0 Å². The van der Waals surface area contributed by atoms with Crippen LogP contribution in [-0.4, -0.2) is 21.2 Å². The van der Waals surface area contributed by atoms with Crippen molar-refractivity contribution in [1.82, 2.24) is 10.1 Å². The highest BCUT2D eigenvalue weighted by atomic mass is 32.1. The van der Waals surface area contributed by atoms with Gasteiger partial charge in [-0.2, -0.15) is 0 Å². The summed E-state index contributed by atoms with van der Waals surface area (Å²) >= 11 is 1.11. The standard InChI is InChI=1S/C10H11N3O3S/c1-5-3-7(16-13-5)4-11-10-12-6(2)8(17-10)9(14)15/h3H,4H2,1-2H3,(H,11,12)(H,14,15). The molecule has 0 aromatic carbocycles. The summed E-state index contributed by atoms with van der Waals surface area (Å²) in [5.74, 6) is -0.268. The molecule has 2 heterocycles. The number of aromatic carboxylic acids is 1. The first-order valence-corrected chi connectivity index (χ1v) is 5.74. The fraction of sp³-hybridized carbons (Fsp3) is 0.300. The molecular weight excluding hydrogens is 242 g/mol. The molecule has 2 aromatic rings. The first-order valence-electron chi connectivity index (χ1n) is 4.93. The number of nitrogens with one attached hydrogen (secondary N) is 1. The lowest BCUT2D eigenvalue weighted by atomic mass is 10.4. The first kappa shape index (κ1) is 11.6. The van der Waals surface area contributed by atoms with Crippen LogP contribution in [0.4, 0.5) is 5.13 Å². The van der Waals surface area contributed by atoms with Gasteiger partial charge in [0.1, 0.15) is 4.88 Å². The third-order valence-corrected chi connectivity index (χ3v) is 3.18. The van der Waals surface area contributed by atoms with Gasteiger partial charge in [-0.15, -0.1) is 0 Å². The third-order valence-electron chi connectivity index (χ3n) is 2.08. The number of hydrogen-bond acceptors (Lipinski definition) is 6. The monoisotopic (exact) mass is 253 g/mol. The fourth-order valence-electron chi connectivity index (χ4n) is 1.33. The first-order chi connectivity index (χ1) is 8.06. The Morgan fingerprint density at radius 3 is 2.88 bits per heavy atom. The highest BCUT2D eigenvalue weighted by Gasteiger charge is 2.13. The van der Waals surface area contributed by atoms with Gasteiger partial charge in [-0.1, -0.05) is 16.5 Å². The number of aromatic nitrogens is 2. The van der Waals surface area contributed by atoms with Gasteiger partial charge < -0.3 is 14.9 Å². The number of aryl methyl sites for hydroxylation is 2. The minimum Gasteiger partial charge on any atom is -0.477 e. The second kappa shape index (κ2) is 4.54. The van der Waals surface area contributed by atoms with Crippen LogP contribution in [0.5, 0.6) is 0 Å². The Morgan fingerprint density at radius 2 is 2.35 bits per heavy atom. The third kappa shape index (κ3) is 2.62. The fourth-order valence-corrected chi connectivity index (χ4v) is 2.13. The molecule has 17 heavy (non-hydrogen) atoms. The molecule has 0 unspecified atom stereocenters. The summed E-state index contributed by atoms with van der Waals surface area (Å²) in [4.78, 5) is 15.2. The molecular formula is C10H11N3O3S. The average Bonchev–Trinajstić information content (AvgIpc) is 2.82. The van der Waals surface area contributed by atoms with E-state index in [4.69, 9.17) is 9.63 Å². The van der Waals surface area contributed by atoms with Gasteiger partial charge >= 0.3 is 5.97 Å². The van der Waals surface area contributed by atoms with E-state index >= 15 is 0 Å². The zero-order valence-corrected chi connectivity index (χ0v) is 10.2. The Bertz CT molecular complexity index is 547. The van der Waals surface area contributed by atoms with Gasteiger partial charge in [-0.3, -0.25) is 0 Å². The molecule has 0 saturated heterocycles. The molecule has 90 valence electrons. The quantitative estimate of drug-likeness (QED) is 0.867. The van der Waals surface area contributed by atoms with Crippen molar-refractivity contribution in [3.05, 3.63) is 28.1 Å². The summed E-state index contributed by atoms with van der Waals surface area (Å²) in [5.41, 5.74) is 1.32. The maximum atomic E-state index is 10.8. The molecule has 0 bridgehead atoms. The molecule has 2 aromatic heterocycles. The van der Waals surface area contributed by atoms with E-state index in [1.165, 1.54) is 0 Å². The summed E-state index contributed by atoms with van der Waals surface area (Å²) < 4.78 is 5.02. The summed E-state index contributed by atoms with van der Waals surface area (Å²) in [6.45, 7) is 3.94. The lowest BCUT2D eigenvalue weighted by molar-refractivity contribution is 0.0701. The van der Waals surface area contributed by atoms with Crippen LogP contribution in [0, 0.1) is 13.8 Å². The van der Waals surface area contributed by atoms with Crippen molar-refractivity contribution in [2.24, 2.45) is 0 Å². The van der Waals surface area contributed by atoms with Crippen molar-refractivity contribution in [2.45, 2.75) is 20.4 Å². The molecule has 7 heteroatoms. The second-order valence-electron chi connectivity index (χ2n) is 3.53. The number of carboxylic acids is 1. The van der Waals surface area contributed by atoms with Crippen molar-refractivity contribution in [2.75, 3.05) is 5.32 Å². The second-order valence-corrected chi connectivity index (χ2v) is 4.53. The Hall–Kier alpha value is -1.89. The molecule has 0 aliphatic carbocycles. The van der Waals surface area contributed by atoms with E-state index < -0.39 is 5.97 Å². The SMILES string of the molecule is Cc1cc(CNc2nc(C)c(C(=O)O)s2)on1. The molecule has 0 radical (unpaired) electrons. The lowest BCUT2D eigenvalue weighted by Gasteiger charge is -1.96. The number of anilines is 1. The molecule has 0 saturated carbocycles. The van der Waals surface area contributed by atoms with Crippen molar-refractivity contribution < 1.29 is 14.4 Å². The Balaban J connectivity index is 2.04. The Kier molecular flexibility index (Phi) is 3.10. The zero-order valence-electron chi connectivity index (χ0n) is 9.35. The predicted octanol–water partition coefficient (Wildman–Crippen LogP) is 2.06. The molecule has 0 aliphatic heterocycles. The highest BCUT2D eigenvalue weighted by molar-refractivity contribution is 7.17. The Labute approximate surface area is 101 Å². The van der Waals surface area contributed by atoms with Gasteiger partial charge in [-0.25, -0.2) is 9.78 Å². The van der Waals surface area contributed by atoms with Crippen molar-refractivity contribution >= 4 is 22.4 Å². The van der Waals surface area contributed by atoms with Crippen LogP contribution in [0.25, 0.3) is 0 Å². The number of thiazole rings is 1. The van der Waals surface area contributed by atoms with Crippen LogP contribution in [0.3, 0.4) is 0 Å². The minimum absolute atomic E-state index is 0.251. The van der Waals surface area contributed by atoms with Crippen LogP contribution in [0.15, 0.2) is 10.6 Å². The molecule has 0 aliphatic rings.